The zero-order chi connectivity index (χ0) is 32.4. The van der Waals surface area contributed by atoms with Gasteiger partial charge < -0.3 is 20.4 Å². The van der Waals surface area contributed by atoms with Crippen LogP contribution in [0, 0.1) is 34.5 Å². The van der Waals surface area contributed by atoms with E-state index in [1.165, 1.54) is 148 Å². The monoisotopic (exact) mass is 639 g/mol. The molecule has 46 heavy (non-hydrogen) atoms. The Morgan fingerprint density at radius 2 is 1.52 bits per heavy atom. The van der Waals surface area contributed by atoms with E-state index in [1.807, 2.05) is 0 Å². The molecule has 0 radical (unpaired) electrons. The molecule has 1 saturated heterocycles. The molecule has 5 aliphatic rings. The molecule has 0 aromatic carbocycles. The van der Waals surface area contributed by atoms with E-state index in [4.69, 9.17) is 16.1 Å². The maximum atomic E-state index is 9.07. The van der Waals surface area contributed by atoms with Gasteiger partial charge in [-0.15, -0.1) is 0 Å². The SMILES string of the molecule is CCCC[C@H]1CN(CCCC[C@H]2CN=C(N)N2CCCCC23CC(C)CC(CC(CC)C2)C3)C(=N)N1CCCCC1CCCCC1. The average Bonchev–Trinajstić information content (AvgIpc) is 3.55. The zero-order valence-corrected chi connectivity index (χ0v) is 30.6. The minimum atomic E-state index is 0.479. The van der Waals surface area contributed by atoms with Crippen LogP contribution in [0.2, 0.25) is 0 Å². The summed E-state index contributed by atoms with van der Waals surface area (Å²) in [5.41, 5.74) is 7.08. The first-order valence-corrected chi connectivity index (χ1v) is 20.6. The van der Waals surface area contributed by atoms with Gasteiger partial charge in [0.2, 0.25) is 0 Å². The first kappa shape index (κ1) is 35.8. The quantitative estimate of drug-likeness (QED) is 0.138. The van der Waals surface area contributed by atoms with Crippen LogP contribution in [0.4, 0.5) is 0 Å². The van der Waals surface area contributed by atoms with Crippen molar-refractivity contribution in [3.63, 3.8) is 0 Å². The molecule has 2 bridgehead atoms. The summed E-state index contributed by atoms with van der Waals surface area (Å²) in [6, 6.07) is 1.02. The topological polar surface area (TPSA) is 72.0 Å². The number of nitrogens with zero attached hydrogens (tertiary/aromatic N) is 4. The molecular formula is C40H74N6. The summed E-state index contributed by atoms with van der Waals surface area (Å²) in [6.07, 6.45) is 31.5. The summed E-state index contributed by atoms with van der Waals surface area (Å²) < 4.78 is 0. The smallest absolute Gasteiger partial charge is 0.194 e. The van der Waals surface area contributed by atoms with Gasteiger partial charge >= 0.3 is 0 Å². The predicted octanol–water partition coefficient (Wildman–Crippen LogP) is 9.43. The second-order valence-electron chi connectivity index (χ2n) is 17.1. The third-order valence-corrected chi connectivity index (χ3v) is 13.3. The van der Waals surface area contributed by atoms with E-state index >= 15 is 0 Å². The molecule has 3 saturated carbocycles. The molecule has 2 aliphatic heterocycles. The van der Waals surface area contributed by atoms with Gasteiger partial charge in [0.05, 0.1) is 12.6 Å². The fraction of sp³-hybridized carbons (Fsp3) is 0.950. The van der Waals surface area contributed by atoms with Gasteiger partial charge in [-0.1, -0.05) is 91.4 Å². The van der Waals surface area contributed by atoms with Gasteiger partial charge in [-0.25, -0.2) is 0 Å². The third kappa shape index (κ3) is 9.80. The van der Waals surface area contributed by atoms with Gasteiger partial charge in [0.25, 0.3) is 0 Å². The first-order chi connectivity index (χ1) is 22.4. The van der Waals surface area contributed by atoms with Crippen molar-refractivity contribution in [1.29, 1.82) is 5.41 Å². The molecule has 6 nitrogen and oxygen atoms in total. The van der Waals surface area contributed by atoms with Crippen LogP contribution in [-0.2, 0) is 0 Å². The van der Waals surface area contributed by atoms with Crippen LogP contribution in [0.3, 0.4) is 0 Å². The average molecular weight is 639 g/mol. The van der Waals surface area contributed by atoms with Gasteiger partial charge in [0.1, 0.15) is 0 Å². The highest BCUT2D eigenvalue weighted by Crippen LogP contribution is 2.55. The van der Waals surface area contributed by atoms with Crippen LogP contribution in [0.15, 0.2) is 4.99 Å². The standard InChI is InChI=1S/C40H74N6/c1-4-6-19-37-31-44(39(42)46(37)24-14-10-18-34-16-8-7-9-17-34)22-13-11-20-36-30-43-38(41)45(36)23-15-12-21-40-27-32(3)25-35(29-40)26-33(5-2)28-40/h32-37,42H,4-31H2,1-3H3,(H2,41,43)/t32?,33?,35?,36-,37-,40?/m0/s1. The Morgan fingerprint density at radius 3 is 2.33 bits per heavy atom. The number of guanidine groups is 2. The van der Waals surface area contributed by atoms with E-state index in [0.29, 0.717) is 17.5 Å². The Kier molecular flexibility index (Phi) is 13.9. The fourth-order valence-corrected chi connectivity index (χ4v) is 11.0. The molecule has 264 valence electrons. The van der Waals surface area contributed by atoms with Crippen molar-refractivity contribution in [3.8, 4) is 0 Å². The highest BCUT2D eigenvalue weighted by atomic mass is 15.4. The zero-order valence-electron chi connectivity index (χ0n) is 30.6. The van der Waals surface area contributed by atoms with E-state index in [9.17, 15) is 0 Å². The summed E-state index contributed by atoms with van der Waals surface area (Å²) >= 11 is 0. The summed E-state index contributed by atoms with van der Waals surface area (Å²) in [5, 5.41) is 9.07. The minimum Gasteiger partial charge on any atom is -0.370 e. The Balaban J connectivity index is 1.00. The number of hydrogen-bond donors (Lipinski definition) is 2. The Labute approximate surface area is 284 Å². The maximum Gasteiger partial charge on any atom is 0.194 e. The van der Waals surface area contributed by atoms with Crippen LogP contribution in [0.25, 0.3) is 0 Å². The molecule has 3 aliphatic carbocycles. The molecule has 5 rings (SSSR count). The highest BCUT2D eigenvalue weighted by molar-refractivity contribution is 5.80. The Hall–Kier alpha value is -1.46. The number of rotatable bonds is 19. The molecule has 2 heterocycles. The lowest BCUT2D eigenvalue weighted by Gasteiger charge is -2.51. The van der Waals surface area contributed by atoms with Crippen molar-refractivity contribution in [3.05, 3.63) is 0 Å². The number of unbranched alkanes of at least 4 members (excludes halogenated alkanes) is 4. The molecule has 4 unspecified atom stereocenters. The number of hydrogen-bond acceptors (Lipinski definition) is 4. The van der Waals surface area contributed by atoms with Crippen molar-refractivity contribution < 1.29 is 0 Å². The summed E-state index contributed by atoms with van der Waals surface area (Å²) in [4.78, 5) is 12.0. The summed E-state index contributed by atoms with van der Waals surface area (Å²) in [6.45, 7) is 12.4. The van der Waals surface area contributed by atoms with E-state index < -0.39 is 0 Å². The molecule has 0 spiro atoms. The molecule has 6 heteroatoms. The summed E-state index contributed by atoms with van der Waals surface area (Å²) in [5.74, 6) is 5.48. The third-order valence-electron chi connectivity index (χ3n) is 13.3. The largest absolute Gasteiger partial charge is 0.370 e. The molecule has 4 fully saturated rings. The number of nitrogens with one attached hydrogen (secondary N) is 1. The van der Waals surface area contributed by atoms with Gasteiger partial charge in [-0.2, -0.15) is 0 Å². The van der Waals surface area contributed by atoms with E-state index in [1.54, 1.807) is 0 Å². The maximum absolute atomic E-state index is 9.07. The summed E-state index contributed by atoms with van der Waals surface area (Å²) in [7, 11) is 0. The molecule has 3 N–H and O–H groups in total. The van der Waals surface area contributed by atoms with Crippen molar-refractivity contribution in [2.24, 2.45) is 39.8 Å². The predicted molar refractivity (Wildman–Crippen MR) is 196 cm³/mol. The second-order valence-corrected chi connectivity index (χ2v) is 17.1. The fourth-order valence-electron chi connectivity index (χ4n) is 11.0. The molecule has 0 aromatic heterocycles. The van der Waals surface area contributed by atoms with E-state index in [0.717, 1.165) is 68.3 Å². The van der Waals surface area contributed by atoms with Gasteiger partial charge in [0.15, 0.2) is 11.9 Å². The van der Waals surface area contributed by atoms with Crippen LogP contribution >= 0.6 is 0 Å². The van der Waals surface area contributed by atoms with Crippen molar-refractivity contribution in [2.45, 2.75) is 181 Å². The molecule has 0 aromatic rings. The van der Waals surface area contributed by atoms with Crippen LogP contribution in [0.1, 0.15) is 168 Å². The Morgan fingerprint density at radius 1 is 0.783 bits per heavy atom. The van der Waals surface area contributed by atoms with Gasteiger partial charge in [0, 0.05) is 32.2 Å². The highest BCUT2D eigenvalue weighted by Gasteiger charge is 2.44. The number of fused-ring (bicyclic) bond motifs is 2. The van der Waals surface area contributed by atoms with Crippen LogP contribution in [0.5, 0.6) is 0 Å². The minimum absolute atomic E-state index is 0.479. The lowest BCUT2D eigenvalue weighted by atomic mass is 9.55. The molecular weight excluding hydrogens is 564 g/mol. The van der Waals surface area contributed by atoms with E-state index in [-0.39, 0.29) is 0 Å². The normalized spacial score (nSPS) is 32.1. The Bertz CT molecular complexity index is 940. The molecule has 6 atom stereocenters. The van der Waals surface area contributed by atoms with Gasteiger partial charge in [-0.05, 0) is 106 Å². The number of aliphatic imine (C=N–C) groups is 1. The lowest BCUT2D eigenvalue weighted by Crippen LogP contribution is -2.42. The van der Waals surface area contributed by atoms with Crippen LogP contribution < -0.4 is 5.73 Å². The number of nitrogens with two attached hydrogens (primary N) is 1. The van der Waals surface area contributed by atoms with Crippen molar-refractivity contribution >= 4 is 11.9 Å². The second kappa shape index (κ2) is 17.8. The lowest BCUT2D eigenvalue weighted by molar-refractivity contribution is 0.00353. The van der Waals surface area contributed by atoms with Gasteiger partial charge in [-0.3, -0.25) is 10.4 Å². The molecule has 0 amide bonds. The van der Waals surface area contributed by atoms with Crippen LogP contribution in [-0.4, -0.2) is 71.4 Å². The van der Waals surface area contributed by atoms with Crippen molar-refractivity contribution in [1.82, 2.24) is 14.7 Å². The van der Waals surface area contributed by atoms with E-state index in [2.05, 4.69) is 35.5 Å². The van der Waals surface area contributed by atoms with Crippen molar-refractivity contribution in [2.75, 3.05) is 32.7 Å². The first-order valence-electron chi connectivity index (χ1n) is 20.6.